The zero-order chi connectivity index (χ0) is 21.1. The van der Waals surface area contributed by atoms with E-state index in [1.54, 1.807) is 17.0 Å². The van der Waals surface area contributed by atoms with E-state index < -0.39 is 17.7 Å². The molecule has 1 amide bonds. The predicted molar refractivity (Wildman–Crippen MR) is 111 cm³/mol. The Balaban J connectivity index is 1.53. The Morgan fingerprint density at radius 1 is 1.10 bits per heavy atom. The number of ether oxygens (including phenoxy) is 2. The molecule has 158 valence electrons. The third-order valence-corrected chi connectivity index (χ3v) is 6.20. The van der Waals surface area contributed by atoms with Crippen molar-refractivity contribution in [3.8, 4) is 0 Å². The van der Waals surface area contributed by atoms with Crippen LogP contribution in [0.3, 0.4) is 0 Å². The molecular weight excluding hydrogens is 382 g/mol. The molecule has 2 aromatic rings. The van der Waals surface area contributed by atoms with Gasteiger partial charge in [-0.1, -0.05) is 42.5 Å². The first-order valence-electron chi connectivity index (χ1n) is 10.4. The molecule has 1 aliphatic heterocycles. The van der Waals surface area contributed by atoms with Crippen LogP contribution in [0.4, 0.5) is 4.79 Å². The van der Waals surface area contributed by atoms with Gasteiger partial charge in [0.1, 0.15) is 6.61 Å². The fraction of sp³-hybridized carbons (Fsp3) is 0.417. The highest BCUT2D eigenvalue weighted by Gasteiger charge is 2.49. The monoisotopic (exact) mass is 409 g/mol. The maximum Gasteiger partial charge on any atom is 0.410 e. The van der Waals surface area contributed by atoms with E-state index in [1.165, 1.54) is 7.11 Å². The van der Waals surface area contributed by atoms with E-state index in [0.29, 0.717) is 30.9 Å². The van der Waals surface area contributed by atoms with Crippen molar-refractivity contribution in [1.82, 2.24) is 4.90 Å². The van der Waals surface area contributed by atoms with Crippen LogP contribution in [-0.2, 0) is 16.1 Å². The quantitative estimate of drug-likeness (QED) is 0.753. The van der Waals surface area contributed by atoms with E-state index in [-0.39, 0.29) is 12.6 Å². The largest absolute Gasteiger partial charge is 0.465 e. The van der Waals surface area contributed by atoms with Gasteiger partial charge in [-0.25, -0.2) is 9.59 Å². The zero-order valence-electron chi connectivity index (χ0n) is 17.1. The molecule has 1 saturated carbocycles. The number of hydrogen-bond acceptors (Lipinski definition) is 5. The molecule has 0 radical (unpaired) electrons. The topological polar surface area (TPSA) is 76.1 Å². The van der Waals surface area contributed by atoms with E-state index in [4.69, 9.17) is 9.47 Å². The SMILES string of the molecule is COC(=O)c1ccc([C@@H]2CC(O)(C3CC3)CCN2C(=O)OCc2ccccc2)cc1. The average molecular weight is 409 g/mol. The van der Waals surface area contributed by atoms with Crippen molar-refractivity contribution in [2.75, 3.05) is 13.7 Å². The zero-order valence-corrected chi connectivity index (χ0v) is 17.1. The van der Waals surface area contributed by atoms with Crippen LogP contribution in [0.5, 0.6) is 0 Å². The van der Waals surface area contributed by atoms with Gasteiger partial charge in [-0.3, -0.25) is 0 Å². The Kier molecular flexibility index (Phi) is 5.77. The number of esters is 1. The minimum atomic E-state index is -0.762. The Morgan fingerprint density at radius 2 is 1.80 bits per heavy atom. The molecule has 2 fully saturated rings. The molecule has 1 aliphatic carbocycles. The first kappa shape index (κ1) is 20.4. The second-order valence-electron chi connectivity index (χ2n) is 8.19. The number of carbonyl (C=O) groups is 2. The van der Waals surface area contributed by atoms with E-state index in [1.807, 2.05) is 42.5 Å². The van der Waals surface area contributed by atoms with Gasteiger partial charge >= 0.3 is 12.1 Å². The third-order valence-electron chi connectivity index (χ3n) is 6.20. The van der Waals surface area contributed by atoms with E-state index in [9.17, 15) is 14.7 Å². The summed E-state index contributed by atoms with van der Waals surface area (Å²) in [5, 5.41) is 11.2. The number of hydrogen-bond donors (Lipinski definition) is 1. The summed E-state index contributed by atoms with van der Waals surface area (Å²) in [6.45, 7) is 0.640. The Morgan fingerprint density at radius 3 is 2.43 bits per heavy atom. The second-order valence-corrected chi connectivity index (χ2v) is 8.19. The molecule has 4 rings (SSSR count). The minimum absolute atomic E-state index is 0.205. The van der Waals surface area contributed by atoms with E-state index in [0.717, 1.165) is 24.0 Å². The van der Waals surface area contributed by atoms with Crippen LogP contribution in [0.1, 0.15) is 53.2 Å². The van der Waals surface area contributed by atoms with Crippen LogP contribution < -0.4 is 0 Å². The smallest absolute Gasteiger partial charge is 0.410 e. The summed E-state index contributed by atoms with van der Waals surface area (Å²) in [5.74, 6) is -0.101. The fourth-order valence-electron chi connectivity index (χ4n) is 4.29. The Bertz CT molecular complexity index is 894. The van der Waals surface area contributed by atoms with Gasteiger partial charge in [-0.05, 0) is 48.4 Å². The lowest BCUT2D eigenvalue weighted by Crippen LogP contribution is -2.49. The molecule has 1 saturated heterocycles. The molecule has 6 heteroatoms. The first-order valence-corrected chi connectivity index (χ1v) is 10.4. The molecule has 30 heavy (non-hydrogen) atoms. The van der Waals surface area contributed by atoms with Crippen molar-refractivity contribution in [2.24, 2.45) is 5.92 Å². The van der Waals surface area contributed by atoms with Gasteiger partial charge in [-0.15, -0.1) is 0 Å². The number of nitrogens with zero attached hydrogens (tertiary/aromatic N) is 1. The first-order chi connectivity index (χ1) is 14.5. The highest BCUT2D eigenvalue weighted by Crippen LogP contribution is 2.49. The number of aliphatic hydroxyl groups is 1. The summed E-state index contributed by atoms with van der Waals surface area (Å²) in [5.41, 5.74) is 1.49. The number of benzene rings is 2. The van der Waals surface area contributed by atoms with Gasteiger partial charge in [0.2, 0.25) is 0 Å². The molecule has 0 aromatic heterocycles. The van der Waals surface area contributed by atoms with Gasteiger partial charge < -0.3 is 19.5 Å². The number of rotatable bonds is 5. The predicted octanol–water partition coefficient (Wildman–Crippen LogP) is 4.09. The lowest BCUT2D eigenvalue weighted by molar-refractivity contribution is -0.0606. The molecule has 2 aromatic carbocycles. The van der Waals surface area contributed by atoms with Gasteiger partial charge in [0, 0.05) is 13.0 Å². The van der Waals surface area contributed by atoms with Crippen LogP contribution in [-0.4, -0.2) is 41.3 Å². The molecule has 0 bridgehead atoms. The Hall–Kier alpha value is -2.86. The summed E-state index contributed by atoms with van der Waals surface area (Å²) >= 11 is 0. The van der Waals surface area contributed by atoms with Crippen molar-refractivity contribution >= 4 is 12.1 Å². The molecular formula is C24H27NO5. The molecule has 1 heterocycles. The maximum absolute atomic E-state index is 12.9. The van der Waals surface area contributed by atoms with Crippen LogP contribution in [0.15, 0.2) is 54.6 Å². The highest BCUT2D eigenvalue weighted by atomic mass is 16.6. The van der Waals surface area contributed by atoms with Crippen LogP contribution >= 0.6 is 0 Å². The second kappa shape index (κ2) is 8.48. The standard InChI is InChI=1S/C24H27NO5/c1-29-22(26)19-9-7-18(8-10-19)21-15-24(28,20-11-12-20)13-14-25(21)23(27)30-16-17-5-3-2-4-6-17/h2-10,20-21,28H,11-16H2,1H3/t21-,24?/m0/s1. The summed E-state index contributed by atoms with van der Waals surface area (Å²) < 4.78 is 10.3. The lowest BCUT2D eigenvalue weighted by atomic mass is 9.80. The van der Waals surface area contributed by atoms with Crippen LogP contribution in [0.25, 0.3) is 0 Å². The van der Waals surface area contributed by atoms with E-state index >= 15 is 0 Å². The summed E-state index contributed by atoms with van der Waals surface area (Å²) in [6, 6.07) is 16.3. The molecule has 1 unspecified atom stereocenters. The number of carbonyl (C=O) groups excluding carboxylic acids is 2. The molecule has 2 aliphatic rings. The van der Waals surface area contributed by atoms with Crippen molar-refractivity contribution in [1.29, 1.82) is 0 Å². The van der Waals surface area contributed by atoms with Crippen molar-refractivity contribution in [2.45, 2.75) is 43.9 Å². The minimum Gasteiger partial charge on any atom is -0.465 e. The molecule has 6 nitrogen and oxygen atoms in total. The highest BCUT2D eigenvalue weighted by molar-refractivity contribution is 5.89. The maximum atomic E-state index is 12.9. The van der Waals surface area contributed by atoms with Gasteiger partial charge in [0.15, 0.2) is 0 Å². The van der Waals surface area contributed by atoms with Crippen molar-refractivity contribution in [3.05, 3.63) is 71.3 Å². The third kappa shape index (κ3) is 4.33. The fourth-order valence-corrected chi connectivity index (χ4v) is 4.29. The summed E-state index contributed by atoms with van der Waals surface area (Å²) in [6.07, 6.45) is 2.69. The van der Waals surface area contributed by atoms with Crippen LogP contribution in [0, 0.1) is 5.92 Å². The van der Waals surface area contributed by atoms with Crippen LogP contribution in [0.2, 0.25) is 0 Å². The molecule has 0 spiro atoms. The number of amides is 1. The normalized spacial score (nSPS) is 23.7. The number of likely N-dealkylation sites (tertiary alicyclic amines) is 1. The van der Waals surface area contributed by atoms with Gasteiger partial charge in [0.05, 0.1) is 24.3 Å². The van der Waals surface area contributed by atoms with Crippen molar-refractivity contribution < 1.29 is 24.2 Å². The Labute approximate surface area is 176 Å². The number of methoxy groups -OCH3 is 1. The van der Waals surface area contributed by atoms with Gasteiger partial charge in [0.25, 0.3) is 0 Å². The van der Waals surface area contributed by atoms with Crippen molar-refractivity contribution in [3.63, 3.8) is 0 Å². The summed E-state index contributed by atoms with van der Waals surface area (Å²) in [7, 11) is 1.34. The molecule has 1 N–H and O–H groups in total. The summed E-state index contributed by atoms with van der Waals surface area (Å²) in [4.78, 5) is 26.4. The average Bonchev–Trinajstić information content (AvgIpc) is 3.64. The van der Waals surface area contributed by atoms with E-state index in [2.05, 4.69) is 0 Å². The lowest BCUT2D eigenvalue weighted by Gasteiger charge is -2.44. The number of piperidine rings is 1. The van der Waals surface area contributed by atoms with Gasteiger partial charge in [-0.2, -0.15) is 0 Å². The molecule has 2 atom stereocenters.